The number of nitriles is 1. The SMILES string of the molecule is CCOc1ccc(/C=C(\C#N)C(=O)OCCOC)cc1OC. The molecule has 6 heteroatoms. The van der Waals surface area contributed by atoms with Gasteiger partial charge in [-0.25, -0.2) is 4.79 Å². The minimum absolute atomic E-state index is 0.0951. The molecule has 6 nitrogen and oxygen atoms in total. The van der Waals surface area contributed by atoms with Crippen molar-refractivity contribution < 1.29 is 23.7 Å². The van der Waals surface area contributed by atoms with Gasteiger partial charge in [-0.1, -0.05) is 6.07 Å². The van der Waals surface area contributed by atoms with E-state index >= 15 is 0 Å². The summed E-state index contributed by atoms with van der Waals surface area (Å²) in [7, 11) is 3.02. The van der Waals surface area contributed by atoms with Crippen LogP contribution in [0.4, 0.5) is 0 Å². The van der Waals surface area contributed by atoms with Crippen LogP contribution in [0.3, 0.4) is 0 Å². The fourth-order valence-corrected chi connectivity index (χ4v) is 1.65. The van der Waals surface area contributed by atoms with Gasteiger partial charge in [0.2, 0.25) is 0 Å². The molecule has 0 radical (unpaired) electrons. The van der Waals surface area contributed by atoms with E-state index in [1.54, 1.807) is 18.2 Å². The molecular weight excluding hydrogens is 286 g/mol. The van der Waals surface area contributed by atoms with Gasteiger partial charge >= 0.3 is 5.97 Å². The molecule has 1 rings (SSSR count). The predicted octanol–water partition coefficient (Wildman–Crippen LogP) is 2.19. The summed E-state index contributed by atoms with van der Waals surface area (Å²) in [6, 6.07) is 6.96. The van der Waals surface area contributed by atoms with E-state index in [2.05, 4.69) is 0 Å². The molecular formula is C16H19NO5. The molecule has 1 aromatic rings. The van der Waals surface area contributed by atoms with E-state index in [0.717, 1.165) is 0 Å². The Balaban J connectivity index is 2.93. The first-order chi connectivity index (χ1) is 10.7. The first-order valence-electron chi connectivity index (χ1n) is 6.75. The van der Waals surface area contributed by atoms with E-state index < -0.39 is 5.97 Å². The monoisotopic (exact) mass is 305 g/mol. The zero-order valence-electron chi connectivity index (χ0n) is 12.9. The maximum atomic E-state index is 11.8. The summed E-state index contributed by atoms with van der Waals surface area (Å²) in [5.74, 6) is 0.441. The standard InChI is InChI=1S/C16H19NO5/c1-4-21-14-6-5-12(10-15(14)20-3)9-13(11-17)16(18)22-8-7-19-2/h5-6,9-10H,4,7-8H2,1-3H3/b13-9+. The van der Waals surface area contributed by atoms with Crippen molar-refractivity contribution in [1.82, 2.24) is 0 Å². The van der Waals surface area contributed by atoms with Gasteiger partial charge in [-0.05, 0) is 30.7 Å². The Morgan fingerprint density at radius 1 is 1.27 bits per heavy atom. The molecule has 0 aliphatic rings. The normalized spacial score (nSPS) is 10.7. The number of methoxy groups -OCH3 is 2. The van der Waals surface area contributed by atoms with Crippen molar-refractivity contribution in [3.63, 3.8) is 0 Å². The molecule has 0 aliphatic heterocycles. The lowest BCUT2D eigenvalue weighted by Gasteiger charge is -2.09. The van der Waals surface area contributed by atoms with Crippen molar-refractivity contribution in [3.05, 3.63) is 29.3 Å². The lowest BCUT2D eigenvalue weighted by Crippen LogP contribution is -2.11. The Kier molecular flexibility index (Phi) is 7.51. The number of carbonyl (C=O) groups excluding carboxylic acids is 1. The second-order valence-corrected chi connectivity index (χ2v) is 4.14. The maximum Gasteiger partial charge on any atom is 0.348 e. The molecule has 0 unspecified atom stereocenters. The Hall–Kier alpha value is -2.52. The fraction of sp³-hybridized carbons (Fsp3) is 0.375. The summed E-state index contributed by atoms with van der Waals surface area (Å²) in [5, 5.41) is 9.07. The molecule has 0 bridgehead atoms. The summed E-state index contributed by atoms with van der Waals surface area (Å²) >= 11 is 0. The van der Waals surface area contributed by atoms with E-state index in [4.69, 9.17) is 24.2 Å². The third kappa shape index (κ3) is 5.11. The van der Waals surface area contributed by atoms with Crippen LogP contribution in [0.5, 0.6) is 11.5 Å². The molecule has 0 saturated carbocycles. The number of hydrogen-bond donors (Lipinski definition) is 0. The van der Waals surface area contributed by atoms with Gasteiger partial charge in [-0.2, -0.15) is 5.26 Å². The summed E-state index contributed by atoms with van der Waals surface area (Å²) < 4.78 is 20.3. The quantitative estimate of drug-likeness (QED) is 0.317. The van der Waals surface area contributed by atoms with Gasteiger partial charge in [0, 0.05) is 7.11 Å². The van der Waals surface area contributed by atoms with Crippen molar-refractivity contribution >= 4 is 12.0 Å². The van der Waals surface area contributed by atoms with Crippen LogP contribution >= 0.6 is 0 Å². The van der Waals surface area contributed by atoms with Gasteiger partial charge in [0.05, 0.1) is 20.3 Å². The van der Waals surface area contributed by atoms with Gasteiger partial charge in [0.25, 0.3) is 0 Å². The maximum absolute atomic E-state index is 11.8. The van der Waals surface area contributed by atoms with Crippen molar-refractivity contribution in [2.24, 2.45) is 0 Å². The highest BCUT2D eigenvalue weighted by Gasteiger charge is 2.11. The van der Waals surface area contributed by atoms with Crippen LogP contribution in [0.2, 0.25) is 0 Å². The third-order valence-corrected chi connectivity index (χ3v) is 2.66. The molecule has 1 aromatic carbocycles. The average molecular weight is 305 g/mol. The molecule has 0 heterocycles. The summed E-state index contributed by atoms with van der Waals surface area (Å²) in [5.41, 5.74) is 0.544. The predicted molar refractivity (Wildman–Crippen MR) is 80.6 cm³/mol. The second kappa shape index (κ2) is 9.42. The zero-order valence-corrected chi connectivity index (χ0v) is 12.9. The lowest BCUT2D eigenvalue weighted by atomic mass is 10.1. The van der Waals surface area contributed by atoms with Gasteiger partial charge in [-0.15, -0.1) is 0 Å². The minimum atomic E-state index is -0.688. The van der Waals surface area contributed by atoms with Gasteiger partial charge in [0.1, 0.15) is 18.2 Å². The van der Waals surface area contributed by atoms with Crippen LogP contribution in [-0.4, -0.2) is 40.0 Å². The topological polar surface area (TPSA) is 77.8 Å². The van der Waals surface area contributed by atoms with Crippen molar-refractivity contribution in [2.45, 2.75) is 6.92 Å². The van der Waals surface area contributed by atoms with E-state index in [1.807, 2.05) is 13.0 Å². The van der Waals surface area contributed by atoms with Crippen LogP contribution in [0.25, 0.3) is 6.08 Å². The summed E-state index contributed by atoms with van der Waals surface area (Å²) in [4.78, 5) is 11.8. The average Bonchev–Trinajstić information content (AvgIpc) is 2.54. The van der Waals surface area contributed by atoms with Crippen LogP contribution in [-0.2, 0) is 14.3 Å². The first-order valence-corrected chi connectivity index (χ1v) is 6.75. The highest BCUT2D eigenvalue weighted by Crippen LogP contribution is 2.28. The molecule has 0 aliphatic carbocycles. The van der Waals surface area contributed by atoms with Crippen LogP contribution in [0, 0.1) is 11.3 Å². The molecule has 118 valence electrons. The third-order valence-electron chi connectivity index (χ3n) is 2.66. The number of esters is 1. The molecule has 0 saturated heterocycles. The Labute approximate surface area is 129 Å². The molecule has 0 aromatic heterocycles. The fourth-order valence-electron chi connectivity index (χ4n) is 1.65. The molecule has 0 spiro atoms. The summed E-state index contributed by atoms with van der Waals surface area (Å²) in [6.07, 6.45) is 1.44. The highest BCUT2D eigenvalue weighted by molar-refractivity contribution is 5.97. The van der Waals surface area contributed by atoms with Crippen molar-refractivity contribution in [3.8, 4) is 17.6 Å². The zero-order chi connectivity index (χ0) is 16.4. The number of nitrogens with zero attached hydrogens (tertiary/aromatic N) is 1. The lowest BCUT2D eigenvalue weighted by molar-refractivity contribution is -0.139. The molecule has 0 N–H and O–H groups in total. The van der Waals surface area contributed by atoms with Crippen LogP contribution < -0.4 is 9.47 Å². The highest BCUT2D eigenvalue weighted by atomic mass is 16.6. The van der Waals surface area contributed by atoms with E-state index in [0.29, 0.717) is 23.7 Å². The van der Waals surface area contributed by atoms with E-state index in [-0.39, 0.29) is 18.8 Å². The van der Waals surface area contributed by atoms with Gasteiger partial charge in [-0.3, -0.25) is 0 Å². The Bertz CT molecular complexity index is 574. The van der Waals surface area contributed by atoms with E-state index in [9.17, 15) is 4.79 Å². The molecule has 22 heavy (non-hydrogen) atoms. The number of ether oxygens (including phenoxy) is 4. The van der Waals surface area contributed by atoms with Crippen molar-refractivity contribution in [1.29, 1.82) is 5.26 Å². The van der Waals surface area contributed by atoms with Crippen LogP contribution in [0.15, 0.2) is 23.8 Å². The smallest absolute Gasteiger partial charge is 0.348 e. The number of benzene rings is 1. The first kappa shape index (κ1) is 17.5. The molecule has 0 atom stereocenters. The number of hydrogen-bond acceptors (Lipinski definition) is 6. The summed E-state index contributed by atoms with van der Waals surface area (Å²) in [6.45, 7) is 2.76. The van der Waals surface area contributed by atoms with Gasteiger partial charge in [0.15, 0.2) is 11.5 Å². The largest absolute Gasteiger partial charge is 0.493 e. The minimum Gasteiger partial charge on any atom is -0.493 e. The van der Waals surface area contributed by atoms with Crippen LogP contribution in [0.1, 0.15) is 12.5 Å². The Morgan fingerprint density at radius 3 is 2.64 bits per heavy atom. The molecule has 0 amide bonds. The Morgan fingerprint density at radius 2 is 2.05 bits per heavy atom. The number of carbonyl (C=O) groups is 1. The molecule has 0 fully saturated rings. The van der Waals surface area contributed by atoms with Gasteiger partial charge < -0.3 is 18.9 Å². The van der Waals surface area contributed by atoms with Crippen molar-refractivity contribution in [2.75, 3.05) is 34.0 Å². The number of rotatable bonds is 8. The van der Waals surface area contributed by atoms with E-state index in [1.165, 1.54) is 20.3 Å². The second-order valence-electron chi connectivity index (χ2n) is 4.14.